The fraction of sp³-hybridized carbons (Fsp3) is 0.400. The number of aromatic hydroxyl groups is 1. The smallest absolute Gasteiger partial charge is 0.166 e. The van der Waals surface area contributed by atoms with E-state index in [0.717, 1.165) is 12.8 Å². The Morgan fingerprint density at radius 1 is 1.50 bits per heavy atom. The van der Waals surface area contributed by atoms with Crippen LogP contribution in [0.3, 0.4) is 0 Å². The third-order valence-electron chi connectivity index (χ3n) is 2.55. The molecule has 1 aliphatic rings. The van der Waals surface area contributed by atoms with E-state index in [2.05, 4.69) is 15.9 Å². The number of hydrogen-bond acceptors (Lipinski definition) is 2. The van der Waals surface area contributed by atoms with Crippen LogP contribution in [-0.2, 0) is 0 Å². The lowest BCUT2D eigenvalue weighted by atomic mass is 10.0. The first-order valence-corrected chi connectivity index (χ1v) is 5.32. The monoisotopic (exact) mass is 259 g/mol. The van der Waals surface area contributed by atoms with Crippen LogP contribution < -0.4 is 5.73 Å². The van der Waals surface area contributed by atoms with Crippen molar-refractivity contribution in [3.05, 3.63) is 28.0 Å². The van der Waals surface area contributed by atoms with Gasteiger partial charge in [-0.3, -0.25) is 0 Å². The lowest BCUT2D eigenvalue weighted by Crippen LogP contribution is -2.13. The summed E-state index contributed by atoms with van der Waals surface area (Å²) in [7, 11) is 0. The minimum Gasteiger partial charge on any atom is -0.505 e. The third-order valence-corrected chi connectivity index (χ3v) is 3.00. The van der Waals surface area contributed by atoms with E-state index in [1.807, 2.05) is 0 Å². The lowest BCUT2D eigenvalue weighted by molar-refractivity contribution is 0.416. The van der Waals surface area contributed by atoms with Gasteiger partial charge < -0.3 is 10.8 Å². The van der Waals surface area contributed by atoms with Gasteiger partial charge in [-0.1, -0.05) is 15.9 Å². The summed E-state index contributed by atoms with van der Waals surface area (Å²) in [5, 5.41) is 9.49. The Labute approximate surface area is 90.1 Å². The molecule has 0 aliphatic heterocycles. The van der Waals surface area contributed by atoms with Crippen LogP contribution in [0.1, 0.15) is 24.4 Å². The highest BCUT2D eigenvalue weighted by molar-refractivity contribution is 9.10. The molecule has 0 spiro atoms. The molecular formula is C10H11BrFNO. The van der Waals surface area contributed by atoms with Crippen LogP contribution in [-0.4, -0.2) is 5.11 Å². The molecule has 2 nitrogen and oxygen atoms in total. The zero-order chi connectivity index (χ0) is 10.3. The summed E-state index contributed by atoms with van der Waals surface area (Å²) >= 11 is 3.18. The molecule has 1 aromatic carbocycles. The number of hydrogen-bond donors (Lipinski definition) is 2. The molecule has 76 valence electrons. The zero-order valence-electron chi connectivity index (χ0n) is 7.50. The Kier molecular flexibility index (Phi) is 2.49. The number of phenols is 1. The Balaban J connectivity index is 2.39. The predicted octanol–water partition coefficient (Wildman–Crippen LogP) is 2.70. The summed E-state index contributed by atoms with van der Waals surface area (Å²) in [5.41, 5.74) is 6.39. The van der Waals surface area contributed by atoms with Gasteiger partial charge in [-0.05, 0) is 30.9 Å². The largest absolute Gasteiger partial charge is 0.505 e. The van der Waals surface area contributed by atoms with Crippen molar-refractivity contribution in [2.75, 3.05) is 0 Å². The molecule has 0 aromatic heterocycles. The summed E-state index contributed by atoms with van der Waals surface area (Å²) in [6.45, 7) is 0. The van der Waals surface area contributed by atoms with E-state index in [1.54, 1.807) is 6.07 Å². The van der Waals surface area contributed by atoms with Crippen molar-refractivity contribution in [1.29, 1.82) is 0 Å². The lowest BCUT2D eigenvalue weighted by Gasteiger charge is -2.13. The van der Waals surface area contributed by atoms with Crippen LogP contribution in [0.2, 0.25) is 0 Å². The number of phenolic OH excluding ortho intramolecular Hbond substituents is 1. The first kappa shape index (κ1) is 9.93. The van der Waals surface area contributed by atoms with Crippen molar-refractivity contribution in [1.82, 2.24) is 0 Å². The summed E-state index contributed by atoms with van der Waals surface area (Å²) in [6, 6.07) is 2.67. The first-order chi connectivity index (χ1) is 6.59. The van der Waals surface area contributed by atoms with Crippen molar-refractivity contribution in [3.8, 4) is 5.75 Å². The van der Waals surface area contributed by atoms with Gasteiger partial charge in [-0.15, -0.1) is 0 Å². The molecule has 1 saturated carbocycles. The summed E-state index contributed by atoms with van der Waals surface area (Å²) in [6.07, 6.45) is 2.13. The fourth-order valence-electron chi connectivity index (χ4n) is 1.55. The Bertz CT molecular complexity index is 365. The van der Waals surface area contributed by atoms with Gasteiger partial charge >= 0.3 is 0 Å². The first-order valence-electron chi connectivity index (χ1n) is 4.53. The summed E-state index contributed by atoms with van der Waals surface area (Å²) < 4.78 is 13.8. The molecule has 0 saturated heterocycles. The minimum atomic E-state index is -0.620. The van der Waals surface area contributed by atoms with Gasteiger partial charge in [0.1, 0.15) is 0 Å². The van der Waals surface area contributed by atoms with E-state index in [-0.39, 0.29) is 11.8 Å². The minimum absolute atomic E-state index is 0.248. The van der Waals surface area contributed by atoms with E-state index in [1.165, 1.54) is 6.07 Å². The number of rotatable bonds is 2. The second-order valence-corrected chi connectivity index (χ2v) is 4.60. The normalized spacial score (nSPS) is 18.2. The molecule has 1 atom stereocenters. The van der Waals surface area contributed by atoms with Crippen LogP contribution in [0.5, 0.6) is 5.75 Å². The van der Waals surface area contributed by atoms with E-state index >= 15 is 0 Å². The molecule has 4 heteroatoms. The van der Waals surface area contributed by atoms with Crippen LogP contribution >= 0.6 is 15.9 Å². The highest BCUT2D eigenvalue weighted by Crippen LogP contribution is 2.43. The van der Waals surface area contributed by atoms with Crippen molar-refractivity contribution in [2.24, 2.45) is 11.7 Å². The number of halogens is 2. The quantitative estimate of drug-likeness (QED) is 0.858. The maximum Gasteiger partial charge on any atom is 0.166 e. The summed E-state index contributed by atoms with van der Waals surface area (Å²) in [5.74, 6) is -0.535. The summed E-state index contributed by atoms with van der Waals surface area (Å²) in [4.78, 5) is 0. The Morgan fingerprint density at radius 3 is 2.71 bits per heavy atom. The molecule has 3 N–H and O–H groups in total. The van der Waals surface area contributed by atoms with E-state index in [9.17, 15) is 9.50 Å². The standard InChI is InChI=1S/C10H11BrFNO/c11-6-3-7(9(13)5-1-2-5)10(14)8(12)4-6/h3-5,9,14H,1-2,13H2/t9-/m1/s1. The van der Waals surface area contributed by atoms with Crippen LogP contribution in [0, 0.1) is 11.7 Å². The topological polar surface area (TPSA) is 46.2 Å². The maximum atomic E-state index is 13.1. The van der Waals surface area contributed by atoms with E-state index in [0.29, 0.717) is 16.0 Å². The Morgan fingerprint density at radius 2 is 2.14 bits per heavy atom. The van der Waals surface area contributed by atoms with Crippen LogP contribution in [0.4, 0.5) is 4.39 Å². The van der Waals surface area contributed by atoms with Gasteiger partial charge in [0.2, 0.25) is 0 Å². The third kappa shape index (κ3) is 1.77. The number of nitrogens with two attached hydrogens (primary N) is 1. The Hall–Kier alpha value is -0.610. The second kappa shape index (κ2) is 3.51. The molecule has 0 heterocycles. The second-order valence-electron chi connectivity index (χ2n) is 3.69. The average molecular weight is 260 g/mol. The molecule has 14 heavy (non-hydrogen) atoms. The van der Waals surface area contributed by atoms with Crippen molar-refractivity contribution in [3.63, 3.8) is 0 Å². The molecule has 1 aromatic rings. The van der Waals surface area contributed by atoms with Gasteiger partial charge in [0, 0.05) is 16.1 Å². The average Bonchev–Trinajstić information content (AvgIpc) is 2.93. The molecule has 0 bridgehead atoms. The highest BCUT2D eigenvalue weighted by atomic mass is 79.9. The van der Waals surface area contributed by atoms with Gasteiger partial charge in [0.25, 0.3) is 0 Å². The molecule has 2 rings (SSSR count). The number of benzene rings is 1. The van der Waals surface area contributed by atoms with Crippen molar-refractivity contribution >= 4 is 15.9 Å². The van der Waals surface area contributed by atoms with Crippen LogP contribution in [0.25, 0.3) is 0 Å². The molecule has 0 radical (unpaired) electrons. The maximum absolute atomic E-state index is 13.1. The molecule has 0 unspecified atom stereocenters. The van der Waals surface area contributed by atoms with Gasteiger partial charge in [-0.2, -0.15) is 0 Å². The van der Waals surface area contributed by atoms with Gasteiger partial charge in [0.05, 0.1) is 0 Å². The van der Waals surface area contributed by atoms with Gasteiger partial charge in [0.15, 0.2) is 11.6 Å². The zero-order valence-corrected chi connectivity index (χ0v) is 9.09. The van der Waals surface area contributed by atoms with E-state index in [4.69, 9.17) is 5.73 Å². The SMILES string of the molecule is N[C@@H](c1cc(Br)cc(F)c1O)C1CC1. The predicted molar refractivity (Wildman–Crippen MR) is 55.4 cm³/mol. The molecule has 1 fully saturated rings. The fourth-order valence-corrected chi connectivity index (χ4v) is 2.00. The molecule has 0 amide bonds. The molecule has 1 aliphatic carbocycles. The van der Waals surface area contributed by atoms with E-state index < -0.39 is 5.82 Å². The molecular weight excluding hydrogens is 249 g/mol. The van der Waals surface area contributed by atoms with Crippen LogP contribution in [0.15, 0.2) is 16.6 Å². The van der Waals surface area contributed by atoms with Crippen molar-refractivity contribution in [2.45, 2.75) is 18.9 Å². The highest BCUT2D eigenvalue weighted by Gasteiger charge is 2.31. The van der Waals surface area contributed by atoms with Crippen molar-refractivity contribution < 1.29 is 9.50 Å². The van der Waals surface area contributed by atoms with Gasteiger partial charge in [-0.25, -0.2) is 4.39 Å².